The molecule has 8 heteroatoms. The van der Waals surface area contributed by atoms with Gasteiger partial charge in [0, 0.05) is 29.4 Å². The van der Waals surface area contributed by atoms with Crippen LogP contribution < -0.4 is 5.73 Å². The minimum absolute atomic E-state index is 0. The summed E-state index contributed by atoms with van der Waals surface area (Å²) in [7, 11) is 1.59. The van der Waals surface area contributed by atoms with Crippen LogP contribution in [0.5, 0.6) is 0 Å². The molecule has 0 spiro atoms. The number of carbonyl (C=O) groups excluding carboxylic acids is 1. The molecular formula is C14H16Cl2FN3OS. The molecule has 0 saturated carbocycles. The van der Waals surface area contributed by atoms with Crippen LogP contribution >= 0.6 is 35.3 Å². The van der Waals surface area contributed by atoms with Gasteiger partial charge in [-0.05, 0) is 18.7 Å². The molecule has 1 heterocycles. The molecule has 1 aromatic carbocycles. The first-order chi connectivity index (χ1) is 10.0. The van der Waals surface area contributed by atoms with Gasteiger partial charge in [0.05, 0.1) is 11.6 Å². The van der Waals surface area contributed by atoms with Gasteiger partial charge in [0.15, 0.2) is 0 Å². The van der Waals surface area contributed by atoms with Crippen LogP contribution in [0.2, 0.25) is 5.02 Å². The molecule has 1 amide bonds. The summed E-state index contributed by atoms with van der Waals surface area (Å²) < 4.78 is 13.7. The topological polar surface area (TPSA) is 59.2 Å². The summed E-state index contributed by atoms with van der Waals surface area (Å²) in [6.07, 6.45) is 0.640. The lowest BCUT2D eigenvalue weighted by molar-refractivity contribution is 0.0778. The SMILES string of the molecule is CN(Cc1c(F)cccc1Cl)C(=O)c1csc(CCN)n1.Cl. The highest BCUT2D eigenvalue weighted by Gasteiger charge is 2.18. The second kappa shape index (κ2) is 8.43. The van der Waals surface area contributed by atoms with E-state index in [0.29, 0.717) is 29.2 Å². The van der Waals surface area contributed by atoms with Crippen molar-refractivity contribution >= 4 is 41.3 Å². The number of carbonyl (C=O) groups is 1. The van der Waals surface area contributed by atoms with E-state index in [1.807, 2.05) is 0 Å². The van der Waals surface area contributed by atoms with E-state index in [4.69, 9.17) is 17.3 Å². The highest BCUT2D eigenvalue weighted by molar-refractivity contribution is 7.09. The normalized spacial score (nSPS) is 10.2. The van der Waals surface area contributed by atoms with Crippen LogP contribution in [-0.4, -0.2) is 29.4 Å². The molecule has 0 bridgehead atoms. The Balaban J connectivity index is 0.00000242. The van der Waals surface area contributed by atoms with Crippen molar-refractivity contribution in [2.24, 2.45) is 5.73 Å². The Labute approximate surface area is 143 Å². The van der Waals surface area contributed by atoms with Crippen LogP contribution in [0.3, 0.4) is 0 Å². The number of amides is 1. The van der Waals surface area contributed by atoms with Crippen molar-refractivity contribution in [3.8, 4) is 0 Å². The van der Waals surface area contributed by atoms with Gasteiger partial charge in [0.2, 0.25) is 0 Å². The number of rotatable bonds is 5. The standard InChI is InChI=1S/C14H15ClFN3OS.ClH/c1-19(7-9-10(15)3-2-4-11(9)16)14(20)12-8-21-13(18-12)5-6-17;/h2-4,8H,5-7,17H2,1H3;1H. The summed E-state index contributed by atoms with van der Waals surface area (Å²) in [5, 5.41) is 2.81. The molecule has 1 aromatic heterocycles. The van der Waals surface area contributed by atoms with Gasteiger partial charge < -0.3 is 10.6 Å². The molecule has 0 radical (unpaired) electrons. The van der Waals surface area contributed by atoms with E-state index >= 15 is 0 Å². The number of aromatic nitrogens is 1. The third-order valence-corrected chi connectivity index (χ3v) is 4.20. The number of nitrogens with two attached hydrogens (primary N) is 1. The molecule has 120 valence electrons. The minimum atomic E-state index is -0.427. The molecule has 0 atom stereocenters. The third kappa shape index (κ3) is 4.39. The molecule has 0 aliphatic carbocycles. The Bertz CT molecular complexity index is 631. The van der Waals surface area contributed by atoms with Crippen LogP contribution in [-0.2, 0) is 13.0 Å². The summed E-state index contributed by atoms with van der Waals surface area (Å²) >= 11 is 7.36. The average Bonchev–Trinajstić information content (AvgIpc) is 2.91. The van der Waals surface area contributed by atoms with E-state index in [9.17, 15) is 9.18 Å². The first-order valence-electron chi connectivity index (χ1n) is 6.35. The summed E-state index contributed by atoms with van der Waals surface area (Å²) in [6, 6.07) is 4.45. The van der Waals surface area contributed by atoms with Gasteiger partial charge in [-0.3, -0.25) is 4.79 Å². The largest absolute Gasteiger partial charge is 0.336 e. The molecule has 0 saturated heterocycles. The van der Waals surface area contributed by atoms with Gasteiger partial charge in [-0.25, -0.2) is 9.37 Å². The quantitative estimate of drug-likeness (QED) is 0.887. The Morgan fingerprint density at radius 2 is 2.23 bits per heavy atom. The fraction of sp³-hybridized carbons (Fsp3) is 0.286. The second-order valence-electron chi connectivity index (χ2n) is 4.53. The second-order valence-corrected chi connectivity index (χ2v) is 5.88. The van der Waals surface area contributed by atoms with E-state index in [0.717, 1.165) is 5.01 Å². The summed E-state index contributed by atoms with van der Waals surface area (Å²) in [5.41, 5.74) is 6.10. The lowest BCUT2D eigenvalue weighted by Gasteiger charge is -2.17. The number of halogens is 3. The van der Waals surface area contributed by atoms with E-state index in [-0.39, 0.29) is 24.9 Å². The molecule has 0 unspecified atom stereocenters. The molecule has 0 aliphatic heterocycles. The molecule has 2 aromatic rings. The van der Waals surface area contributed by atoms with E-state index in [1.165, 1.54) is 28.4 Å². The molecule has 22 heavy (non-hydrogen) atoms. The van der Waals surface area contributed by atoms with Crippen LogP contribution in [0.25, 0.3) is 0 Å². The third-order valence-electron chi connectivity index (χ3n) is 2.93. The van der Waals surface area contributed by atoms with Crippen molar-refractivity contribution in [3.63, 3.8) is 0 Å². The van der Waals surface area contributed by atoms with Crippen LogP contribution in [0, 0.1) is 5.82 Å². The van der Waals surface area contributed by atoms with Gasteiger partial charge in [-0.2, -0.15) is 0 Å². The van der Waals surface area contributed by atoms with Crippen LogP contribution in [0.15, 0.2) is 23.6 Å². The predicted octanol–water partition coefficient (Wildman–Crippen LogP) is 3.13. The monoisotopic (exact) mass is 363 g/mol. The molecule has 0 aliphatic rings. The number of thiazole rings is 1. The van der Waals surface area contributed by atoms with Gasteiger partial charge in [-0.15, -0.1) is 23.7 Å². The van der Waals surface area contributed by atoms with Crippen molar-refractivity contribution < 1.29 is 9.18 Å². The number of benzene rings is 1. The molecular weight excluding hydrogens is 348 g/mol. The Hall–Kier alpha value is -1.21. The average molecular weight is 364 g/mol. The first-order valence-corrected chi connectivity index (χ1v) is 7.61. The summed E-state index contributed by atoms with van der Waals surface area (Å²) in [5.74, 6) is -0.696. The minimum Gasteiger partial charge on any atom is -0.336 e. The predicted molar refractivity (Wildman–Crippen MR) is 89.3 cm³/mol. The first kappa shape index (κ1) is 18.8. The van der Waals surface area contributed by atoms with Gasteiger partial charge >= 0.3 is 0 Å². The van der Waals surface area contributed by atoms with Crippen LogP contribution in [0.4, 0.5) is 4.39 Å². The molecule has 2 N–H and O–H groups in total. The van der Waals surface area contributed by atoms with Crippen molar-refractivity contribution in [2.75, 3.05) is 13.6 Å². The van der Waals surface area contributed by atoms with Crippen molar-refractivity contribution in [3.05, 3.63) is 50.7 Å². The summed E-state index contributed by atoms with van der Waals surface area (Å²) in [4.78, 5) is 17.9. The zero-order valence-corrected chi connectivity index (χ0v) is 14.3. The zero-order valence-electron chi connectivity index (χ0n) is 11.9. The van der Waals surface area contributed by atoms with E-state index in [1.54, 1.807) is 18.5 Å². The smallest absolute Gasteiger partial charge is 0.273 e. The van der Waals surface area contributed by atoms with Gasteiger partial charge in [-0.1, -0.05) is 17.7 Å². The zero-order chi connectivity index (χ0) is 15.4. The fourth-order valence-electron chi connectivity index (χ4n) is 1.84. The molecule has 0 fully saturated rings. The van der Waals surface area contributed by atoms with Crippen LogP contribution in [0.1, 0.15) is 21.1 Å². The van der Waals surface area contributed by atoms with Crippen molar-refractivity contribution in [1.29, 1.82) is 0 Å². The Morgan fingerprint density at radius 3 is 2.86 bits per heavy atom. The molecule has 4 nitrogen and oxygen atoms in total. The number of hydrogen-bond acceptors (Lipinski definition) is 4. The maximum absolute atomic E-state index is 13.7. The fourth-order valence-corrected chi connectivity index (χ4v) is 2.85. The highest BCUT2D eigenvalue weighted by atomic mass is 35.5. The number of nitrogens with zero attached hydrogens (tertiary/aromatic N) is 2. The maximum Gasteiger partial charge on any atom is 0.273 e. The lowest BCUT2D eigenvalue weighted by Crippen LogP contribution is -2.27. The van der Waals surface area contributed by atoms with Gasteiger partial charge in [0.1, 0.15) is 11.5 Å². The Morgan fingerprint density at radius 1 is 1.50 bits per heavy atom. The highest BCUT2D eigenvalue weighted by Crippen LogP contribution is 2.21. The van der Waals surface area contributed by atoms with E-state index < -0.39 is 5.82 Å². The Kier molecular flexibility index (Phi) is 7.22. The van der Waals surface area contributed by atoms with E-state index in [2.05, 4.69) is 4.98 Å². The van der Waals surface area contributed by atoms with Crippen molar-refractivity contribution in [1.82, 2.24) is 9.88 Å². The lowest BCUT2D eigenvalue weighted by atomic mass is 10.2. The number of hydrogen-bond donors (Lipinski definition) is 1. The summed E-state index contributed by atoms with van der Waals surface area (Å²) in [6.45, 7) is 0.579. The molecule has 2 rings (SSSR count). The maximum atomic E-state index is 13.7. The van der Waals surface area contributed by atoms with Crippen molar-refractivity contribution in [2.45, 2.75) is 13.0 Å². The van der Waals surface area contributed by atoms with Gasteiger partial charge in [0.25, 0.3) is 5.91 Å².